The van der Waals surface area contributed by atoms with Crippen molar-refractivity contribution in [2.45, 2.75) is 70.5 Å². The van der Waals surface area contributed by atoms with E-state index in [-0.39, 0.29) is 17.9 Å². The van der Waals surface area contributed by atoms with E-state index in [0.717, 1.165) is 12.8 Å². The Bertz CT molecular complexity index is 528. The van der Waals surface area contributed by atoms with E-state index in [0.29, 0.717) is 30.2 Å². The summed E-state index contributed by atoms with van der Waals surface area (Å²) in [6.07, 6.45) is 5.75. The number of aromatic nitrogens is 2. The van der Waals surface area contributed by atoms with Gasteiger partial charge in [-0.25, -0.2) is 0 Å². The third kappa shape index (κ3) is 2.89. The molecule has 3 rings (SSSR count). The fourth-order valence-electron chi connectivity index (χ4n) is 3.88. The van der Waals surface area contributed by atoms with Crippen LogP contribution in [-0.2, 0) is 16.1 Å². The molecule has 0 amide bonds. The number of likely N-dealkylation sites (tertiary alicyclic amines) is 1. The molecule has 0 radical (unpaired) electrons. The number of nitrogens with zero attached hydrogens (tertiary/aromatic N) is 3. The van der Waals surface area contributed by atoms with Gasteiger partial charge in [0.15, 0.2) is 5.82 Å². The minimum absolute atomic E-state index is 0.137. The molecule has 2 heterocycles. The SMILES string of the molecule is COC(=O)[C@@H]1C[C@H]2CCCC[C@@H]2N1Cc1noc(C(C)C)n1. The number of fused-ring (bicyclic) bond motifs is 1. The lowest BCUT2D eigenvalue weighted by atomic mass is 9.85. The molecule has 2 fully saturated rings. The summed E-state index contributed by atoms with van der Waals surface area (Å²) in [5, 5.41) is 4.08. The number of ether oxygens (including phenoxy) is 1. The van der Waals surface area contributed by atoms with Crippen LogP contribution in [0.5, 0.6) is 0 Å². The lowest BCUT2D eigenvalue weighted by molar-refractivity contribution is -0.146. The standard InChI is InChI=1S/C16H25N3O3/c1-10(2)15-17-14(18-22-15)9-19-12-7-5-4-6-11(12)8-13(19)16(20)21-3/h10-13H,4-9H2,1-3H3/t11-,12+,13+/m1/s1. The van der Waals surface area contributed by atoms with Gasteiger partial charge in [-0.1, -0.05) is 31.8 Å². The number of carbonyl (C=O) groups is 1. The van der Waals surface area contributed by atoms with Gasteiger partial charge in [-0.2, -0.15) is 4.98 Å². The molecule has 6 nitrogen and oxygen atoms in total. The van der Waals surface area contributed by atoms with Crippen molar-refractivity contribution < 1.29 is 14.1 Å². The number of esters is 1. The summed E-state index contributed by atoms with van der Waals surface area (Å²) in [7, 11) is 1.47. The van der Waals surface area contributed by atoms with Crippen molar-refractivity contribution in [2.75, 3.05) is 7.11 Å². The molecule has 0 bridgehead atoms. The minimum Gasteiger partial charge on any atom is -0.468 e. The minimum atomic E-state index is -0.168. The van der Waals surface area contributed by atoms with Crippen LogP contribution in [0.3, 0.4) is 0 Å². The summed E-state index contributed by atoms with van der Waals surface area (Å²) >= 11 is 0. The van der Waals surface area contributed by atoms with Crippen LogP contribution in [0.1, 0.15) is 63.6 Å². The van der Waals surface area contributed by atoms with E-state index >= 15 is 0 Å². The topological polar surface area (TPSA) is 68.5 Å². The molecule has 2 aliphatic rings. The number of methoxy groups -OCH3 is 1. The zero-order chi connectivity index (χ0) is 15.7. The van der Waals surface area contributed by atoms with E-state index in [1.807, 2.05) is 13.8 Å². The van der Waals surface area contributed by atoms with Crippen molar-refractivity contribution in [2.24, 2.45) is 5.92 Å². The van der Waals surface area contributed by atoms with Gasteiger partial charge >= 0.3 is 5.97 Å². The quantitative estimate of drug-likeness (QED) is 0.796. The average Bonchev–Trinajstić information content (AvgIpc) is 3.12. The molecule has 1 saturated heterocycles. The highest BCUT2D eigenvalue weighted by Crippen LogP contribution is 2.40. The Kier molecular flexibility index (Phi) is 4.47. The van der Waals surface area contributed by atoms with Gasteiger partial charge < -0.3 is 9.26 Å². The first kappa shape index (κ1) is 15.5. The molecule has 1 saturated carbocycles. The largest absolute Gasteiger partial charge is 0.468 e. The molecule has 1 aromatic rings. The number of hydrogen-bond acceptors (Lipinski definition) is 6. The first-order chi connectivity index (χ1) is 10.6. The Morgan fingerprint density at radius 2 is 2.18 bits per heavy atom. The first-order valence-corrected chi connectivity index (χ1v) is 8.26. The average molecular weight is 307 g/mol. The van der Waals surface area contributed by atoms with Gasteiger partial charge in [-0.3, -0.25) is 9.69 Å². The van der Waals surface area contributed by atoms with Crippen LogP contribution >= 0.6 is 0 Å². The monoisotopic (exact) mass is 307 g/mol. The Labute approximate surface area is 131 Å². The van der Waals surface area contributed by atoms with Gasteiger partial charge in [0.05, 0.1) is 13.7 Å². The molecular weight excluding hydrogens is 282 g/mol. The second-order valence-corrected chi connectivity index (χ2v) is 6.76. The molecule has 1 aliphatic heterocycles. The second-order valence-electron chi connectivity index (χ2n) is 6.76. The van der Waals surface area contributed by atoms with Gasteiger partial charge in [-0.05, 0) is 25.2 Å². The summed E-state index contributed by atoms with van der Waals surface area (Å²) in [5.74, 6) is 2.00. The first-order valence-electron chi connectivity index (χ1n) is 8.26. The van der Waals surface area contributed by atoms with Crippen LogP contribution in [0, 0.1) is 5.92 Å². The maximum Gasteiger partial charge on any atom is 0.323 e. The molecule has 22 heavy (non-hydrogen) atoms. The van der Waals surface area contributed by atoms with E-state index in [1.54, 1.807) is 0 Å². The van der Waals surface area contributed by atoms with E-state index < -0.39 is 0 Å². The van der Waals surface area contributed by atoms with Crippen LogP contribution < -0.4 is 0 Å². The molecule has 1 aromatic heterocycles. The van der Waals surface area contributed by atoms with Crippen molar-refractivity contribution in [3.8, 4) is 0 Å². The summed E-state index contributed by atoms with van der Waals surface area (Å²) in [5.41, 5.74) is 0. The van der Waals surface area contributed by atoms with E-state index in [4.69, 9.17) is 9.26 Å². The van der Waals surface area contributed by atoms with E-state index in [2.05, 4.69) is 15.0 Å². The normalized spacial score (nSPS) is 28.8. The Balaban J connectivity index is 1.78. The predicted octanol–water partition coefficient (Wildman–Crippen LogP) is 2.50. The molecule has 0 N–H and O–H groups in total. The van der Waals surface area contributed by atoms with Crippen LogP contribution in [0.2, 0.25) is 0 Å². The summed E-state index contributed by atoms with van der Waals surface area (Å²) in [4.78, 5) is 18.8. The highest BCUT2D eigenvalue weighted by atomic mass is 16.5. The zero-order valence-electron chi connectivity index (χ0n) is 13.6. The van der Waals surface area contributed by atoms with Crippen molar-refractivity contribution >= 4 is 5.97 Å². The lowest BCUT2D eigenvalue weighted by Crippen LogP contribution is -2.42. The fraction of sp³-hybridized carbons (Fsp3) is 0.812. The number of carbonyl (C=O) groups excluding carboxylic acids is 1. The Morgan fingerprint density at radius 1 is 1.41 bits per heavy atom. The van der Waals surface area contributed by atoms with Gasteiger partial charge in [0.1, 0.15) is 6.04 Å². The fourth-order valence-corrected chi connectivity index (χ4v) is 3.88. The van der Waals surface area contributed by atoms with Crippen molar-refractivity contribution in [3.63, 3.8) is 0 Å². The Hall–Kier alpha value is -1.43. The van der Waals surface area contributed by atoms with E-state index in [1.165, 1.54) is 26.4 Å². The highest BCUT2D eigenvalue weighted by molar-refractivity contribution is 5.76. The highest BCUT2D eigenvalue weighted by Gasteiger charge is 2.45. The molecule has 0 unspecified atom stereocenters. The van der Waals surface area contributed by atoms with Crippen molar-refractivity contribution in [1.82, 2.24) is 15.0 Å². The second kappa shape index (κ2) is 6.36. The van der Waals surface area contributed by atoms with Gasteiger partial charge in [0, 0.05) is 12.0 Å². The third-order valence-electron chi connectivity index (χ3n) is 5.00. The zero-order valence-corrected chi connectivity index (χ0v) is 13.6. The summed E-state index contributed by atoms with van der Waals surface area (Å²) in [6, 6.07) is 0.276. The van der Waals surface area contributed by atoms with Crippen molar-refractivity contribution in [3.05, 3.63) is 11.7 Å². The molecule has 0 aromatic carbocycles. The lowest BCUT2D eigenvalue weighted by Gasteiger charge is -2.32. The predicted molar refractivity (Wildman–Crippen MR) is 80.1 cm³/mol. The third-order valence-corrected chi connectivity index (χ3v) is 5.00. The molecule has 0 spiro atoms. The van der Waals surface area contributed by atoms with Gasteiger partial charge in [0.2, 0.25) is 5.89 Å². The molecule has 6 heteroatoms. The summed E-state index contributed by atoms with van der Waals surface area (Å²) < 4.78 is 10.3. The maximum atomic E-state index is 12.1. The van der Waals surface area contributed by atoms with E-state index in [9.17, 15) is 4.79 Å². The molecule has 3 atom stereocenters. The summed E-state index contributed by atoms with van der Waals surface area (Å²) in [6.45, 7) is 4.63. The van der Waals surface area contributed by atoms with Crippen LogP contribution in [0.15, 0.2) is 4.52 Å². The van der Waals surface area contributed by atoms with Crippen LogP contribution in [0.25, 0.3) is 0 Å². The Morgan fingerprint density at radius 3 is 2.86 bits per heavy atom. The van der Waals surface area contributed by atoms with Gasteiger partial charge in [-0.15, -0.1) is 0 Å². The number of rotatable bonds is 4. The van der Waals surface area contributed by atoms with Crippen molar-refractivity contribution in [1.29, 1.82) is 0 Å². The molecule has 1 aliphatic carbocycles. The van der Waals surface area contributed by atoms with Crippen LogP contribution in [0.4, 0.5) is 0 Å². The molecule has 122 valence electrons. The number of hydrogen-bond donors (Lipinski definition) is 0. The smallest absolute Gasteiger partial charge is 0.323 e. The maximum absolute atomic E-state index is 12.1. The van der Waals surface area contributed by atoms with Gasteiger partial charge in [0.25, 0.3) is 0 Å². The van der Waals surface area contributed by atoms with Crippen LogP contribution in [-0.4, -0.2) is 40.2 Å². The molecular formula is C16H25N3O3.